The second-order valence-corrected chi connectivity index (χ2v) is 20.4. The highest BCUT2D eigenvalue weighted by atomic mass is 16.4. The van der Waals surface area contributed by atoms with E-state index in [1.165, 1.54) is 66.8 Å². The van der Waals surface area contributed by atoms with E-state index in [4.69, 9.17) is 5.73 Å². The Labute approximate surface area is 455 Å². The molecule has 46 rings (SSSR count). The van der Waals surface area contributed by atoms with Gasteiger partial charge in [-0.25, -0.2) is 0 Å². The van der Waals surface area contributed by atoms with E-state index in [0.29, 0.717) is 0 Å². The Balaban J connectivity index is 0.798. The van der Waals surface area contributed by atoms with Gasteiger partial charge in [0, 0.05) is 0 Å². The Hall–Kier alpha value is -9.93. The van der Waals surface area contributed by atoms with Crippen molar-refractivity contribution in [3.8, 4) is 134 Å². The zero-order chi connectivity index (χ0) is 52.5. The molecule has 0 saturated carbocycles. The smallest absolute Gasteiger partial charge is 0.320 e. The number of benzene rings is 12. The first-order valence-electron chi connectivity index (χ1n) is 26.6. The summed E-state index contributed by atoms with van der Waals surface area (Å²) in [5, 5.41) is 9.87. The van der Waals surface area contributed by atoms with Gasteiger partial charge in [-0.05, 0) is 146 Å². The average molecular weight is 1000 g/mol. The summed E-state index contributed by atoms with van der Waals surface area (Å²) in [6, 6.07) is 102. The molecule has 1 atom stereocenters. The Bertz CT molecular complexity index is 4070. The quantitative estimate of drug-likeness (QED) is 0.185. The van der Waals surface area contributed by atoms with Gasteiger partial charge in [-0.2, -0.15) is 0 Å². The molecule has 370 valence electrons. The lowest BCUT2D eigenvalue weighted by atomic mass is 9.90. The van der Waals surface area contributed by atoms with Crippen LogP contribution in [-0.2, 0) is 11.2 Å². The first-order chi connectivity index (χ1) is 38.3. The number of hydrogen-bond donors (Lipinski definition) is 2. The molecule has 3 N–H and O–H groups in total. The number of hydrogen-bond acceptors (Lipinski definition) is 2. The molecule has 3 heteroatoms. The Morgan fingerprint density at radius 2 is 0.385 bits per heavy atom. The fourth-order valence-corrected chi connectivity index (χ4v) is 10.9. The van der Waals surface area contributed by atoms with E-state index in [2.05, 4.69) is 285 Å². The van der Waals surface area contributed by atoms with E-state index in [1.54, 1.807) is 0 Å². The third-order valence-electron chi connectivity index (χ3n) is 15.6. The Morgan fingerprint density at radius 1 is 0.244 bits per heavy atom. The second kappa shape index (κ2) is 20.7. The van der Waals surface area contributed by atoms with Gasteiger partial charge in [0.1, 0.15) is 6.04 Å². The van der Waals surface area contributed by atoms with Gasteiger partial charge >= 0.3 is 5.97 Å². The third kappa shape index (κ3) is 9.79. The highest BCUT2D eigenvalue weighted by molar-refractivity contribution is 5.83. The number of rotatable bonds is 3. The molecule has 3 nitrogen and oxygen atoms in total. The molecule has 24 bridgehead atoms. The number of carboxylic acids is 1. The first kappa shape index (κ1) is 47.8. The van der Waals surface area contributed by atoms with Crippen LogP contribution in [-0.4, -0.2) is 17.1 Å². The fourth-order valence-electron chi connectivity index (χ4n) is 10.9. The summed E-state index contributed by atoms with van der Waals surface area (Å²) in [5.74, 6) is -1.02. The fraction of sp³-hybridized carbons (Fsp3) is 0.0267. The minimum absolute atomic E-state index is 0.204. The third-order valence-corrected chi connectivity index (χ3v) is 15.6. The van der Waals surface area contributed by atoms with Crippen LogP contribution < -0.4 is 5.73 Å². The molecule has 0 amide bonds. The number of carbonyl (C=O) groups is 1. The van der Waals surface area contributed by atoms with Crippen molar-refractivity contribution >= 4 is 5.97 Å². The van der Waals surface area contributed by atoms with Crippen LogP contribution >= 0.6 is 0 Å². The lowest BCUT2D eigenvalue weighted by Gasteiger charge is -2.15. The van der Waals surface area contributed by atoms with Gasteiger partial charge in [0.2, 0.25) is 0 Å². The van der Waals surface area contributed by atoms with Crippen LogP contribution in [0.5, 0.6) is 0 Å². The van der Waals surface area contributed by atoms with Crippen molar-refractivity contribution in [1.29, 1.82) is 0 Å². The predicted molar refractivity (Wildman–Crippen MR) is 325 cm³/mol. The lowest BCUT2D eigenvalue weighted by Crippen LogP contribution is -2.32. The summed E-state index contributed by atoms with van der Waals surface area (Å²) in [7, 11) is 0. The largest absolute Gasteiger partial charge is 0.480 e. The Kier molecular flexibility index (Phi) is 12.6. The molecule has 34 aliphatic rings. The zero-order valence-corrected chi connectivity index (χ0v) is 42.9. The van der Waals surface area contributed by atoms with Crippen molar-refractivity contribution in [1.82, 2.24) is 0 Å². The molecule has 0 radical (unpaired) electrons. The first-order valence-corrected chi connectivity index (χ1v) is 26.6. The highest BCUT2D eigenvalue weighted by Crippen LogP contribution is 2.37. The van der Waals surface area contributed by atoms with Crippen LogP contribution in [0.15, 0.2) is 285 Å². The molecule has 12 aromatic rings. The number of nitrogens with two attached hydrogens (primary N) is 1. The Morgan fingerprint density at radius 3 is 0.551 bits per heavy atom. The minimum Gasteiger partial charge on any atom is -0.480 e. The molecular formula is C75H53NO2. The molecule has 78 heavy (non-hydrogen) atoms. The average Bonchev–Trinajstić information content (AvgIpc) is 3.54. The van der Waals surface area contributed by atoms with Crippen molar-refractivity contribution < 1.29 is 9.90 Å². The van der Waals surface area contributed by atoms with Gasteiger partial charge in [0.05, 0.1) is 0 Å². The standard InChI is InChI=1S/C75H53NO2/c76-74(75(77)78)48-72-47-71-45-46-73(72)70-43-41-68(42-44-70)66-35-33-64(34-36-66)62-27-25-60(26-28-62)58-19-17-56(18-20-58)54-11-9-52(10-12-54)50-3-1-49(2-4-50)51-5-7-53(8-6-51)55-13-15-57(16-14-55)59-21-23-61(24-22-59)63-29-31-65(32-30-63)67-37-39-69(71)40-38-67/h1-47,74H,48,76H2,(H,77,78). The van der Waals surface area contributed by atoms with E-state index in [-0.39, 0.29) is 6.42 Å². The molecule has 0 fully saturated rings. The van der Waals surface area contributed by atoms with Crippen LogP contribution in [0.2, 0.25) is 0 Å². The van der Waals surface area contributed by atoms with E-state index in [0.717, 1.165) is 72.3 Å². The number of aliphatic carboxylic acids is 1. The topological polar surface area (TPSA) is 63.3 Å². The molecule has 0 aromatic heterocycles. The number of carboxylic acid groups (broad SMARTS) is 1. The van der Waals surface area contributed by atoms with Crippen LogP contribution in [0.4, 0.5) is 0 Å². The summed E-state index contributed by atoms with van der Waals surface area (Å²) in [4.78, 5) is 12.1. The molecule has 0 heterocycles. The highest BCUT2D eigenvalue weighted by Gasteiger charge is 2.17. The van der Waals surface area contributed by atoms with Crippen LogP contribution in [0.25, 0.3) is 134 Å². The SMILES string of the molecule is NC(Cc1cc2ccc1-c1ccc(cc1)-c1ccc(cc1)-c1ccc(cc1)-c1ccc(cc1)-c1ccc(cc1)-c1ccc(cc1)-c1ccc(cc1)-c1ccc(cc1)-c1ccc(cc1)-c1ccc(cc1)-c1ccc-2cc1)C(=O)O. The molecule has 0 aliphatic heterocycles. The molecule has 0 spiro atoms. The van der Waals surface area contributed by atoms with Crippen LogP contribution in [0, 0.1) is 0 Å². The van der Waals surface area contributed by atoms with Gasteiger partial charge in [0.25, 0.3) is 0 Å². The lowest BCUT2D eigenvalue weighted by molar-refractivity contribution is -0.138. The van der Waals surface area contributed by atoms with Crippen LogP contribution in [0.1, 0.15) is 5.56 Å². The summed E-state index contributed by atoms with van der Waals surface area (Å²) in [6.07, 6.45) is 0.204. The van der Waals surface area contributed by atoms with Crippen molar-refractivity contribution in [3.63, 3.8) is 0 Å². The summed E-state index contributed by atoms with van der Waals surface area (Å²) >= 11 is 0. The summed E-state index contributed by atoms with van der Waals surface area (Å²) in [6.45, 7) is 0. The summed E-state index contributed by atoms with van der Waals surface area (Å²) in [5.41, 5.74) is 34.4. The zero-order valence-electron chi connectivity index (χ0n) is 42.9. The van der Waals surface area contributed by atoms with Gasteiger partial charge in [-0.15, -0.1) is 0 Å². The normalized spacial score (nSPS) is 11.8. The maximum atomic E-state index is 12.1. The molecule has 34 aliphatic carbocycles. The van der Waals surface area contributed by atoms with Gasteiger partial charge in [0.15, 0.2) is 0 Å². The second-order valence-electron chi connectivity index (χ2n) is 20.4. The predicted octanol–water partition coefficient (Wildman–Crippen LogP) is 19.0. The molecule has 1 unspecified atom stereocenters. The van der Waals surface area contributed by atoms with Crippen LogP contribution in [0.3, 0.4) is 0 Å². The maximum absolute atomic E-state index is 12.1. The molecule has 0 saturated heterocycles. The molecular weight excluding hydrogens is 947 g/mol. The maximum Gasteiger partial charge on any atom is 0.320 e. The van der Waals surface area contributed by atoms with E-state index < -0.39 is 12.0 Å². The molecule has 12 aromatic carbocycles. The van der Waals surface area contributed by atoms with Gasteiger partial charge in [-0.1, -0.05) is 285 Å². The van der Waals surface area contributed by atoms with Crippen molar-refractivity contribution in [2.24, 2.45) is 5.73 Å². The van der Waals surface area contributed by atoms with Crippen molar-refractivity contribution in [3.05, 3.63) is 291 Å². The van der Waals surface area contributed by atoms with Gasteiger partial charge in [-0.3, -0.25) is 4.79 Å². The van der Waals surface area contributed by atoms with E-state index in [9.17, 15) is 9.90 Å². The van der Waals surface area contributed by atoms with Crippen molar-refractivity contribution in [2.75, 3.05) is 0 Å². The van der Waals surface area contributed by atoms with E-state index in [1.807, 2.05) is 0 Å². The van der Waals surface area contributed by atoms with Gasteiger partial charge < -0.3 is 10.8 Å². The monoisotopic (exact) mass is 999 g/mol. The summed E-state index contributed by atoms with van der Waals surface area (Å²) < 4.78 is 0. The minimum atomic E-state index is -1.03. The van der Waals surface area contributed by atoms with Crippen molar-refractivity contribution in [2.45, 2.75) is 12.5 Å². The van der Waals surface area contributed by atoms with E-state index >= 15 is 0 Å².